The number of aromatic nitrogens is 2. The van der Waals surface area contributed by atoms with Crippen molar-refractivity contribution in [3.8, 4) is 33.5 Å². The number of nitrogens with zero attached hydrogens (tertiary/aromatic N) is 4. The third kappa shape index (κ3) is 3.32. The van der Waals surface area contributed by atoms with Crippen LogP contribution in [0.4, 0.5) is 10.9 Å². The van der Waals surface area contributed by atoms with E-state index in [1.54, 1.807) is 18.4 Å². The van der Waals surface area contributed by atoms with Gasteiger partial charge in [0, 0.05) is 30.4 Å². The summed E-state index contributed by atoms with van der Waals surface area (Å²) in [5.41, 5.74) is 8.91. The highest BCUT2D eigenvalue weighted by molar-refractivity contribution is 7.18. The van der Waals surface area contributed by atoms with Crippen LogP contribution in [0.25, 0.3) is 21.7 Å². The van der Waals surface area contributed by atoms with Crippen LogP contribution in [0.5, 0.6) is 5.75 Å². The Bertz CT molecular complexity index is 1000. The second kappa shape index (κ2) is 7.25. The molecule has 0 atom stereocenters. The molecule has 0 bridgehead atoms. The highest BCUT2D eigenvalue weighted by atomic mass is 32.1. The summed E-state index contributed by atoms with van der Waals surface area (Å²) in [6.45, 7) is 2.07. The molecule has 1 aliphatic rings. The van der Waals surface area contributed by atoms with E-state index in [4.69, 9.17) is 10.5 Å². The fraction of sp³-hybridized carbons (Fsp3) is 0.250. The minimum Gasteiger partial charge on any atom is -0.497 e. The zero-order chi connectivity index (χ0) is 18.8. The van der Waals surface area contributed by atoms with Crippen molar-refractivity contribution in [3.63, 3.8) is 0 Å². The Hall–Kier alpha value is -3.11. The Morgan fingerprint density at radius 3 is 2.63 bits per heavy atom. The van der Waals surface area contributed by atoms with Gasteiger partial charge in [-0.2, -0.15) is 5.26 Å². The van der Waals surface area contributed by atoms with Crippen molar-refractivity contribution in [1.29, 1.82) is 5.26 Å². The molecular formula is C20H19N5OS. The molecule has 7 heteroatoms. The van der Waals surface area contributed by atoms with E-state index in [1.807, 2.05) is 36.5 Å². The average Bonchev–Trinajstić information content (AvgIpc) is 3.39. The maximum Gasteiger partial charge on any atom is 0.185 e. The number of ether oxygens (including phenoxy) is 1. The first-order valence-corrected chi connectivity index (χ1v) is 9.57. The summed E-state index contributed by atoms with van der Waals surface area (Å²) in [4.78, 5) is 12.2. The molecule has 27 heavy (non-hydrogen) atoms. The number of pyridine rings is 1. The van der Waals surface area contributed by atoms with E-state index in [0.29, 0.717) is 5.56 Å². The Morgan fingerprint density at radius 2 is 1.96 bits per heavy atom. The molecule has 0 spiro atoms. The van der Waals surface area contributed by atoms with Gasteiger partial charge < -0.3 is 15.4 Å². The molecule has 4 rings (SSSR count). The lowest BCUT2D eigenvalue weighted by molar-refractivity contribution is 0.415. The molecule has 6 nitrogen and oxygen atoms in total. The zero-order valence-electron chi connectivity index (χ0n) is 15.0. The van der Waals surface area contributed by atoms with Crippen LogP contribution in [-0.2, 0) is 0 Å². The van der Waals surface area contributed by atoms with Gasteiger partial charge in [-0.1, -0.05) is 11.3 Å². The maximum absolute atomic E-state index is 9.60. The van der Waals surface area contributed by atoms with Crippen molar-refractivity contribution < 1.29 is 4.74 Å². The molecule has 0 saturated carbocycles. The maximum atomic E-state index is 9.60. The molecule has 0 radical (unpaired) electrons. The normalized spacial score (nSPS) is 13.6. The van der Waals surface area contributed by atoms with Gasteiger partial charge in [0.15, 0.2) is 5.13 Å². The predicted octanol–water partition coefficient (Wildman–Crippen LogP) is 3.93. The Kier molecular flexibility index (Phi) is 4.65. The third-order valence-electron chi connectivity index (χ3n) is 4.68. The molecular weight excluding hydrogens is 358 g/mol. The smallest absolute Gasteiger partial charge is 0.185 e. The summed E-state index contributed by atoms with van der Waals surface area (Å²) >= 11 is 1.59. The SMILES string of the molecule is COc1ccc(-c2cc(-c3cnc(N4CCCC4)s3)c(C#N)c(N)n2)cc1. The van der Waals surface area contributed by atoms with E-state index >= 15 is 0 Å². The van der Waals surface area contributed by atoms with Gasteiger partial charge in [0.1, 0.15) is 23.2 Å². The van der Waals surface area contributed by atoms with Gasteiger partial charge in [0.05, 0.1) is 17.7 Å². The van der Waals surface area contributed by atoms with Crippen LogP contribution in [0.15, 0.2) is 36.5 Å². The molecule has 1 aromatic carbocycles. The lowest BCUT2D eigenvalue weighted by Crippen LogP contribution is -2.16. The lowest BCUT2D eigenvalue weighted by atomic mass is 10.0. The van der Waals surface area contributed by atoms with Crippen molar-refractivity contribution >= 4 is 22.3 Å². The lowest BCUT2D eigenvalue weighted by Gasteiger charge is -2.12. The molecule has 0 amide bonds. The number of anilines is 2. The van der Waals surface area contributed by atoms with Crippen LogP contribution < -0.4 is 15.4 Å². The fourth-order valence-electron chi connectivity index (χ4n) is 3.23. The molecule has 136 valence electrons. The van der Waals surface area contributed by atoms with E-state index in [0.717, 1.165) is 45.7 Å². The monoisotopic (exact) mass is 377 g/mol. The van der Waals surface area contributed by atoms with Crippen LogP contribution >= 0.6 is 11.3 Å². The predicted molar refractivity (Wildman–Crippen MR) is 108 cm³/mol. The average molecular weight is 377 g/mol. The van der Waals surface area contributed by atoms with E-state index in [1.165, 1.54) is 12.8 Å². The summed E-state index contributed by atoms with van der Waals surface area (Å²) in [6.07, 6.45) is 4.22. The van der Waals surface area contributed by atoms with E-state index in [9.17, 15) is 5.26 Å². The molecule has 3 heterocycles. The first kappa shape index (κ1) is 17.3. The fourth-order valence-corrected chi connectivity index (χ4v) is 4.22. The summed E-state index contributed by atoms with van der Waals surface area (Å²) in [6, 6.07) is 11.7. The van der Waals surface area contributed by atoms with Crippen LogP contribution in [0.3, 0.4) is 0 Å². The summed E-state index contributed by atoms with van der Waals surface area (Å²) in [5.74, 6) is 1.01. The van der Waals surface area contributed by atoms with Crippen LogP contribution in [0, 0.1) is 11.3 Å². The second-order valence-electron chi connectivity index (χ2n) is 6.36. The Morgan fingerprint density at radius 1 is 1.22 bits per heavy atom. The van der Waals surface area contributed by atoms with Crippen molar-refractivity contribution in [2.45, 2.75) is 12.8 Å². The zero-order valence-corrected chi connectivity index (χ0v) is 15.8. The Labute approximate surface area is 161 Å². The van der Waals surface area contributed by atoms with Crippen molar-refractivity contribution in [1.82, 2.24) is 9.97 Å². The quantitative estimate of drug-likeness (QED) is 0.741. The first-order valence-electron chi connectivity index (χ1n) is 8.76. The molecule has 0 aliphatic carbocycles. The minimum absolute atomic E-state index is 0.233. The molecule has 2 N–H and O–H groups in total. The van der Waals surface area contributed by atoms with Gasteiger partial charge in [-0.15, -0.1) is 0 Å². The molecule has 3 aromatic rings. The largest absolute Gasteiger partial charge is 0.497 e. The summed E-state index contributed by atoms with van der Waals surface area (Å²) in [7, 11) is 1.63. The van der Waals surface area contributed by atoms with E-state index in [-0.39, 0.29) is 5.82 Å². The van der Waals surface area contributed by atoms with Gasteiger partial charge in [0.25, 0.3) is 0 Å². The third-order valence-corrected chi connectivity index (χ3v) is 5.77. The van der Waals surface area contributed by atoms with Crippen molar-refractivity contribution in [3.05, 3.63) is 42.1 Å². The number of benzene rings is 1. The highest BCUT2D eigenvalue weighted by Crippen LogP contribution is 2.37. The molecule has 1 aliphatic heterocycles. The van der Waals surface area contributed by atoms with Crippen molar-refractivity contribution in [2.75, 3.05) is 30.8 Å². The molecule has 0 unspecified atom stereocenters. The molecule has 1 saturated heterocycles. The first-order chi connectivity index (χ1) is 13.2. The van der Waals surface area contributed by atoms with Gasteiger partial charge in [-0.25, -0.2) is 9.97 Å². The number of thiazole rings is 1. The number of nitrogens with two attached hydrogens (primary N) is 1. The summed E-state index contributed by atoms with van der Waals surface area (Å²) in [5, 5.41) is 10.6. The van der Waals surface area contributed by atoms with Crippen LogP contribution in [-0.4, -0.2) is 30.2 Å². The minimum atomic E-state index is 0.233. The number of nitriles is 1. The molecule has 1 fully saturated rings. The van der Waals surface area contributed by atoms with Gasteiger partial charge in [-0.3, -0.25) is 0 Å². The van der Waals surface area contributed by atoms with Gasteiger partial charge in [0.2, 0.25) is 0 Å². The number of methoxy groups -OCH3 is 1. The number of hydrogen-bond acceptors (Lipinski definition) is 7. The summed E-state index contributed by atoms with van der Waals surface area (Å²) < 4.78 is 5.21. The van der Waals surface area contributed by atoms with Crippen LogP contribution in [0.1, 0.15) is 18.4 Å². The van der Waals surface area contributed by atoms with Crippen LogP contribution in [0.2, 0.25) is 0 Å². The van der Waals surface area contributed by atoms with Crippen molar-refractivity contribution in [2.24, 2.45) is 0 Å². The number of nitrogen functional groups attached to an aromatic ring is 1. The topological polar surface area (TPSA) is 88.1 Å². The van der Waals surface area contributed by atoms with Gasteiger partial charge in [-0.05, 0) is 43.2 Å². The molecule has 2 aromatic heterocycles. The number of rotatable bonds is 4. The Balaban J connectivity index is 1.77. The second-order valence-corrected chi connectivity index (χ2v) is 7.37. The number of hydrogen-bond donors (Lipinski definition) is 1. The van der Waals surface area contributed by atoms with E-state index < -0.39 is 0 Å². The van der Waals surface area contributed by atoms with Gasteiger partial charge >= 0.3 is 0 Å². The van der Waals surface area contributed by atoms with E-state index in [2.05, 4.69) is 20.9 Å². The standard InChI is InChI=1S/C20H19N5OS/c1-26-14-6-4-13(5-7-14)17-10-15(16(11-21)19(22)24-17)18-12-23-20(27-18)25-8-2-3-9-25/h4-7,10,12H,2-3,8-9H2,1H3,(H2,22,24). The highest BCUT2D eigenvalue weighted by Gasteiger charge is 2.19.